The molecule has 1 aromatic rings. The maximum Gasteiger partial charge on any atom is 0.409 e. The molecule has 6 nitrogen and oxygen atoms in total. The van der Waals surface area contributed by atoms with Crippen LogP contribution >= 0.6 is 0 Å². The highest BCUT2D eigenvalue weighted by Crippen LogP contribution is 2.10. The zero-order valence-corrected chi connectivity index (χ0v) is 7.44. The molecular weight excluding hydrogens is 186 g/mol. The van der Waals surface area contributed by atoms with Gasteiger partial charge in [0, 0.05) is 11.4 Å². The van der Waals surface area contributed by atoms with Crippen molar-refractivity contribution < 1.29 is 14.7 Å². The van der Waals surface area contributed by atoms with Gasteiger partial charge in [-0.1, -0.05) is 0 Å². The van der Waals surface area contributed by atoms with E-state index in [4.69, 9.17) is 10.8 Å². The van der Waals surface area contributed by atoms with Crippen LogP contribution < -0.4 is 11.1 Å². The van der Waals surface area contributed by atoms with Crippen LogP contribution in [0.5, 0.6) is 0 Å². The van der Waals surface area contributed by atoms with Gasteiger partial charge in [0.05, 0.1) is 0 Å². The lowest BCUT2D eigenvalue weighted by molar-refractivity contribution is 0.0995. The molecule has 0 aliphatic carbocycles. The van der Waals surface area contributed by atoms with Gasteiger partial charge in [-0.2, -0.15) is 0 Å². The molecular formula is C8H9N3O3. The van der Waals surface area contributed by atoms with E-state index in [1.165, 1.54) is 12.1 Å². The van der Waals surface area contributed by atoms with E-state index in [-0.39, 0.29) is 11.4 Å². The normalized spacial score (nSPS) is 9.50. The SMILES string of the molecule is Cc1cc(NC(=O)O)cc(C(N)=O)n1. The van der Waals surface area contributed by atoms with E-state index in [1.807, 2.05) is 0 Å². The molecule has 0 aliphatic heterocycles. The van der Waals surface area contributed by atoms with E-state index in [9.17, 15) is 9.59 Å². The third kappa shape index (κ3) is 2.44. The lowest BCUT2D eigenvalue weighted by atomic mass is 10.2. The second kappa shape index (κ2) is 3.73. The summed E-state index contributed by atoms with van der Waals surface area (Å²) in [6, 6.07) is 2.78. The number of carbonyl (C=O) groups excluding carboxylic acids is 1. The van der Waals surface area contributed by atoms with Crippen LogP contribution in [0.4, 0.5) is 10.5 Å². The van der Waals surface area contributed by atoms with Crippen LogP contribution in [0.2, 0.25) is 0 Å². The fraction of sp³-hybridized carbons (Fsp3) is 0.125. The average Bonchev–Trinajstić information content (AvgIpc) is 2.01. The van der Waals surface area contributed by atoms with Crippen molar-refractivity contribution in [1.82, 2.24) is 4.98 Å². The van der Waals surface area contributed by atoms with E-state index < -0.39 is 12.0 Å². The highest BCUT2D eigenvalue weighted by molar-refractivity contribution is 5.93. The third-order valence-corrected chi connectivity index (χ3v) is 1.46. The van der Waals surface area contributed by atoms with E-state index in [2.05, 4.69) is 10.3 Å². The first kappa shape index (κ1) is 9.97. The molecule has 0 bridgehead atoms. The van der Waals surface area contributed by atoms with Crippen LogP contribution in [0.15, 0.2) is 12.1 Å². The smallest absolute Gasteiger partial charge is 0.409 e. The van der Waals surface area contributed by atoms with Crippen LogP contribution in [-0.2, 0) is 0 Å². The Bertz CT molecular complexity index is 389. The minimum atomic E-state index is -1.20. The van der Waals surface area contributed by atoms with Gasteiger partial charge in [-0.3, -0.25) is 10.1 Å². The van der Waals surface area contributed by atoms with Crippen molar-refractivity contribution in [2.45, 2.75) is 6.92 Å². The van der Waals surface area contributed by atoms with Crippen LogP contribution in [0.3, 0.4) is 0 Å². The van der Waals surface area contributed by atoms with Gasteiger partial charge in [0.2, 0.25) is 0 Å². The van der Waals surface area contributed by atoms with Gasteiger partial charge >= 0.3 is 6.09 Å². The summed E-state index contributed by atoms with van der Waals surface area (Å²) in [7, 11) is 0. The number of hydrogen-bond acceptors (Lipinski definition) is 3. The lowest BCUT2D eigenvalue weighted by Gasteiger charge is -2.03. The molecule has 0 spiro atoms. The highest BCUT2D eigenvalue weighted by atomic mass is 16.4. The molecule has 0 saturated carbocycles. The number of pyridine rings is 1. The molecule has 0 fully saturated rings. The van der Waals surface area contributed by atoms with E-state index >= 15 is 0 Å². The molecule has 0 atom stereocenters. The molecule has 1 rings (SSSR count). The molecule has 74 valence electrons. The molecule has 1 heterocycles. The number of primary amides is 1. The quantitative estimate of drug-likeness (QED) is 0.641. The van der Waals surface area contributed by atoms with Gasteiger partial charge in [-0.15, -0.1) is 0 Å². The Labute approximate surface area is 79.8 Å². The minimum Gasteiger partial charge on any atom is -0.465 e. The number of rotatable bonds is 2. The van der Waals surface area contributed by atoms with Gasteiger partial charge in [0.15, 0.2) is 0 Å². The standard InChI is InChI=1S/C8H9N3O3/c1-4-2-5(11-8(13)14)3-6(10-4)7(9)12/h2-3H,1H3,(H2,9,12)(H,10,11)(H,13,14). The predicted octanol–water partition coefficient (Wildman–Crippen LogP) is 0.579. The third-order valence-electron chi connectivity index (χ3n) is 1.46. The van der Waals surface area contributed by atoms with E-state index in [0.717, 1.165) is 0 Å². The summed E-state index contributed by atoms with van der Waals surface area (Å²) in [6.45, 7) is 1.64. The lowest BCUT2D eigenvalue weighted by Crippen LogP contribution is -2.15. The van der Waals surface area contributed by atoms with Crippen LogP contribution in [0.1, 0.15) is 16.2 Å². The Morgan fingerprint density at radius 2 is 2.14 bits per heavy atom. The molecule has 14 heavy (non-hydrogen) atoms. The number of anilines is 1. The number of nitrogens with two attached hydrogens (primary N) is 1. The molecule has 2 amide bonds. The van der Waals surface area contributed by atoms with Crippen LogP contribution in [0, 0.1) is 6.92 Å². The first-order chi connectivity index (χ1) is 6.49. The molecule has 0 aromatic carbocycles. The highest BCUT2D eigenvalue weighted by Gasteiger charge is 2.06. The number of carboxylic acid groups (broad SMARTS) is 1. The second-order valence-corrected chi connectivity index (χ2v) is 2.68. The summed E-state index contributed by atoms with van der Waals surface area (Å²) < 4.78 is 0. The molecule has 0 radical (unpaired) electrons. The van der Waals surface area contributed by atoms with Gasteiger partial charge in [-0.05, 0) is 19.1 Å². The molecule has 1 aromatic heterocycles. The molecule has 0 saturated heterocycles. The fourth-order valence-electron chi connectivity index (χ4n) is 0.990. The predicted molar refractivity (Wildman–Crippen MR) is 49.1 cm³/mol. The van der Waals surface area contributed by atoms with Gasteiger partial charge in [0.25, 0.3) is 5.91 Å². The fourth-order valence-corrected chi connectivity index (χ4v) is 0.990. The second-order valence-electron chi connectivity index (χ2n) is 2.68. The minimum absolute atomic E-state index is 0.0359. The number of nitrogens with one attached hydrogen (secondary N) is 1. The summed E-state index contributed by atoms with van der Waals surface area (Å²) in [5.41, 5.74) is 5.84. The van der Waals surface area contributed by atoms with Crippen molar-refractivity contribution in [1.29, 1.82) is 0 Å². The summed E-state index contributed by atoms with van der Waals surface area (Å²) in [5, 5.41) is 10.5. The molecule has 4 N–H and O–H groups in total. The van der Waals surface area contributed by atoms with Gasteiger partial charge in [-0.25, -0.2) is 9.78 Å². The number of amides is 2. The first-order valence-corrected chi connectivity index (χ1v) is 3.77. The zero-order chi connectivity index (χ0) is 10.7. The maximum absolute atomic E-state index is 10.8. The molecule has 6 heteroatoms. The van der Waals surface area contributed by atoms with Crippen molar-refractivity contribution in [2.24, 2.45) is 5.73 Å². The van der Waals surface area contributed by atoms with Crippen LogP contribution in [-0.4, -0.2) is 22.1 Å². The number of hydrogen-bond donors (Lipinski definition) is 3. The first-order valence-electron chi connectivity index (χ1n) is 3.77. The number of aromatic nitrogens is 1. The zero-order valence-electron chi connectivity index (χ0n) is 7.44. The Balaban J connectivity index is 3.07. The van der Waals surface area contributed by atoms with Crippen molar-refractivity contribution >= 4 is 17.7 Å². The van der Waals surface area contributed by atoms with Gasteiger partial charge < -0.3 is 10.8 Å². The van der Waals surface area contributed by atoms with E-state index in [1.54, 1.807) is 6.92 Å². The van der Waals surface area contributed by atoms with Crippen molar-refractivity contribution in [3.63, 3.8) is 0 Å². The summed E-state index contributed by atoms with van der Waals surface area (Å²) in [6.07, 6.45) is -1.20. The summed E-state index contributed by atoms with van der Waals surface area (Å²) in [4.78, 5) is 24.9. The topological polar surface area (TPSA) is 105 Å². The average molecular weight is 195 g/mol. The number of carbonyl (C=O) groups is 2. The summed E-state index contributed by atoms with van der Waals surface area (Å²) in [5.74, 6) is -0.692. The molecule has 0 aliphatic rings. The maximum atomic E-state index is 10.8. The van der Waals surface area contributed by atoms with E-state index in [0.29, 0.717) is 5.69 Å². The number of aryl methyl sites for hydroxylation is 1. The summed E-state index contributed by atoms with van der Waals surface area (Å²) >= 11 is 0. The Morgan fingerprint density at radius 3 is 2.64 bits per heavy atom. The van der Waals surface area contributed by atoms with Crippen molar-refractivity contribution in [3.05, 3.63) is 23.5 Å². The number of nitrogens with zero attached hydrogens (tertiary/aromatic N) is 1. The monoisotopic (exact) mass is 195 g/mol. The van der Waals surface area contributed by atoms with Crippen molar-refractivity contribution in [2.75, 3.05) is 5.32 Å². The molecule has 0 unspecified atom stereocenters. The van der Waals surface area contributed by atoms with Gasteiger partial charge in [0.1, 0.15) is 5.69 Å². The van der Waals surface area contributed by atoms with Crippen LogP contribution in [0.25, 0.3) is 0 Å². The Hall–Kier alpha value is -2.11. The largest absolute Gasteiger partial charge is 0.465 e. The Morgan fingerprint density at radius 1 is 1.50 bits per heavy atom. The van der Waals surface area contributed by atoms with Crippen molar-refractivity contribution in [3.8, 4) is 0 Å². The Kier molecular flexibility index (Phi) is 2.66.